The SMILES string of the molecule is CCN(CC)S(=O)(=O)c1ccc(C(=O)/C=C\c2ccc(Cl)c(Cl)c2)cc1. The standard InChI is InChI=1S/C19H19Cl2NO3S/c1-3-22(4-2)26(24,25)16-9-7-15(8-10-16)19(23)12-6-14-5-11-17(20)18(21)13-14/h5-13H,3-4H2,1-2H3/b12-6-. The Balaban J connectivity index is 2.18. The highest BCUT2D eigenvalue weighted by atomic mass is 35.5. The number of carbonyl (C=O) groups excluding carboxylic acids is 1. The number of benzene rings is 2. The molecule has 0 atom stereocenters. The number of ketones is 1. The van der Waals surface area contributed by atoms with Crippen LogP contribution in [0, 0.1) is 0 Å². The van der Waals surface area contributed by atoms with Crippen LogP contribution in [0.5, 0.6) is 0 Å². The number of halogens is 2. The first kappa shape index (κ1) is 20.6. The van der Waals surface area contributed by atoms with Crippen molar-refractivity contribution in [3.63, 3.8) is 0 Å². The fraction of sp³-hybridized carbons (Fsp3) is 0.211. The first-order chi connectivity index (χ1) is 12.3. The molecule has 0 aliphatic carbocycles. The predicted octanol–water partition coefficient (Wildman–Crippen LogP) is 4.92. The van der Waals surface area contributed by atoms with Crippen LogP contribution >= 0.6 is 23.2 Å². The molecule has 0 aliphatic rings. The molecule has 0 saturated carbocycles. The number of rotatable bonds is 7. The van der Waals surface area contributed by atoms with Gasteiger partial charge in [0.1, 0.15) is 0 Å². The highest BCUT2D eigenvalue weighted by Crippen LogP contribution is 2.23. The minimum atomic E-state index is -3.53. The Morgan fingerprint density at radius 1 is 1.00 bits per heavy atom. The van der Waals surface area contributed by atoms with Gasteiger partial charge in [-0.3, -0.25) is 4.79 Å². The van der Waals surface area contributed by atoms with Crippen LogP contribution in [0.25, 0.3) is 6.08 Å². The van der Waals surface area contributed by atoms with Gasteiger partial charge in [0.15, 0.2) is 5.78 Å². The zero-order chi connectivity index (χ0) is 19.3. The van der Waals surface area contributed by atoms with E-state index in [4.69, 9.17) is 23.2 Å². The molecular formula is C19H19Cl2NO3S. The highest BCUT2D eigenvalue weighted by Gasteiger charge is 2.21. The van der Waals surface area contributed by atoms with Crippen LogP contribution in [0.2, 0.25) is 10.0 Å². The maximum Gasteiger partial charge on any atom is 0.243 e. The van der Waals surface area contributed by atoms with E-state index in [1.165, 1.54) is 34.6 Å². The fourth-order valence-corrected chi connectivity index (χ4v) is 4.15. The lowest BCUT2D eigenvalue weighted by molar-refractivity contribution is 0.104. The summed E-state index contributed by atoms with van der Waals surface area (Å²) >= 11 is 11.8. The first-order valence-electron chi connectivity index (χ1n) is 8.07. The van der Waals surface area contributed by atoms with Crippen molar-refractivity contribution in [2.75, 3.05) is 13.1 Å². The molecule has 0 unspecified atom stereocenters. The van der Waals surface area contributed by atoms with Crippen LogP contribution in [0.3, 0.4) is 0 Å². The van der Waals surface area contributed by atoms with Crippen molar-refractivity contribution in [2.24, 2.45) is 0 Å². The van der Waals surface area contributed by atoms with E-state index in [1.54, 1.807) is 38.1 Å². The molecule has 0 heterocycles. The van der Waals surface area contributed by atoms with Crippen LogP contribution in [0.1, 0.15) is 29.8 Å². The average molecular weight is 412 g/mol. The number of nitrogens with zero attached hydrogens (tertiary/aromatic N) is 1. The molecule has 0 saturated heterocycles. The summed E-state index contributed by atoms with van der Waals surface area (Å²) in [6.45, 7) is 4.36. The van der Waals surface area contributed by atoms with Crippen LogP contribution < -0.4 is 0 Å². The third kappa shape index (κ3) is 4.74. The van der Waals surface area contributed by atoms with Gasteiger partial charge in [-0.05, 0) is 48.0 Å². The lowest BCUT2D eigenvalue weighted by Gasteiger charge is -2.18. The molecule has 4 nitrogen and oxygen atoms in total. The Labute approximate surface area is 164 Å². The van der Waals surface area contributed by atoms with Crippen molar-refractivity contribution < 1.29 is 13.2 Å². The highest BCUT2D eigenvalue weighted by molar-refractivity contribution is 7.89. The first-order valence-corrected chi connectivity index (χ1v) is 10.3. The Bertz CT molecular complexity index is 918. The van der Waals surface area contributed by atoms with E-state index in [0.717, 1.165) is 5.56 Å². The Morgan fingerprint density at radius 2 is 1.62 bits per heavy atom. The predicted molar refractivity (Wildman–Crippen MR) is 106 cm³/mol. The fourth-order valence-electron chi connectivity index (χ4n) is 2.39. The third-order valence-corrected chi connectivity index (χ3v) is 6.66. The number of hydrogen-bond donors (Lipinski definition) is 0. The average Bonchev–Trinajstić information content (AvgIpc) is 2.63. The summed E-state index contributed by atoms with van der Waals surface area (Å²) in [4.78, 5) is 12.4. The largest absolute Gasteiger partial charge is 0.289 e. The minimum absolute atomic E-state index is 0.172. The van der Waals surface area contributed by atoms with E-state index in [2.05, 4.69) is 0 Å². The van der Waals surface area contributed by atoms with Gasteiger partial charge in [-0.25, -0.2) is 8.42 Å². The topological polar surface area (TPSA) is 54.5 Å². The summed E-state index contributed by atoms with van der Waals surface area (Å²) in [6, 6.07) is 11.0. The van der Waals surface area contributed by atoms with Gasteiger partial charge in [0, 0.05) is 18.7 Å². The summed E-state index contributed by atoms with van der Waals surface area (Å²) < 4.78 is 26.3. The van der Waals surface area contributed by atoms with E-state index in [1.807, 2.05) is 0 Å². The van der Waals surface area contributed by atoms with Gasteiger partial charge in [-0.15, -0.1) is 0 Å². The number of allylic oxidation sites excluding steroid dienone is 1. The number of hydrogen-bond acceptors (Lipinski definition) is 3. The lowest BCUT2D eigenvalue weighted by Crippen LogP contribution is -2.30. The van der Waals surface area contributed by atoms with Crippen LogP contribution in [0.15, 0.2) is 53.4 Å². The lowest BCUT2D eigenvalue weighted by atomic mass is 10.1. The Hall–Kier alpha value is -1.66. The Morgan fingerprint density at radius 3 is 2.15 bits per heavy atom. The molecule has 0 aromatic heterocycles. The van der Waals surface area contributed by atoms with Gasteiger partial charge in [0.2, 0.25) is 10.0 Å². The van der Waals surface area contributed by atoms with Gasteiger partial charge in [-0.2, -0.15) is 4.31 Å². The molecule has 0 fully saturated rings. The van der Waals surface area contributed by atoms with Crippen molar-refractivity contribution in [2.45, 2.75) is 18.7 Å². The molecule has 0 amide bonds. The minimum Gasteiger partial charge on any atom is -0.289 e. The van der Waals surface area contributed by atoms with Crippen molar-refractivity contribution in [3.05, 3.63) is 69.7 Å². The smallest absolute Gasteiger partial charge is 0.243 e. The van der Waals surface area contributed by atoms with Gasteiger partial charge in [0.05, 0.1) is 14.9 Å². The molecule has 0 radical (unpaired) electrons. The van der Waals surface area contributed by atoms with Crippen molar-refractivity contribution >= 4 is 45.1 Å². The zero-order valence-corrected chi connectivity index (χ0v) is 16.8. The van der Waals surface area contributed by atoms with Crippen LogP contribution in [0.4, 0.5) is 0 Å². The summed E-state index contributed by atoms with van der Waals surface area (Å²) in [5.74, 6) is -0.233. The molecule has 2 aromatic carbocycles. The molecule has 0 N–H and O–H groups in total. The quantitative estimate of drug-likeness (QED) is 0.479. The van der Waals surface area contributed by atoms with E-state index in [0.29, 0.717) is 28.7 Å². The van der Waals surface area contributed by atoms with Crippen molar-refractivity contribution in [1.29, 1.82) is 0 Å². The van der Waals surface area contributed by atoms with Crippen LogP contribution in [-0.2, 0) is 10.0 Å². The van der Waals surface area contributed by atoms with Crippen LogP contribution in [-0.4, -0.2) is 31.6 Å². The summed E-state index contributed by atoms with van der Waals surface area (Å²) in [7, 11) is -3.53. The maximum absolute atomic E-state index is 12.4. The monoisotopic (exact) mass is 411 g/mol. The summed E-state index contributed by atoms with van der Waals surface area (Å²) in [5, 5.41) is 0.854. The van der Waals surface area contributed by atoms with E-state index in [-0.39, 0.29) is 10.7 Å². The number of sulfonamides is 1. The van der Waals surface area contributed by atoms with E-state index in [9.17, 15) is 13.2 Å². The second kappa shape index (κ2) is 8.82. The second-order valence-electron chi connectivity index (χ2n) is 5.48. The van der Waals surface area contributed by atoms with E-state index < -0.39 is 10.0 Å². The molecule has 0 aliphatic heterocycles. The summed E-state index contributed by atoms with van der Waals surface area (Å²) in [5.41, 5.74) is 1.15. The second-order valence-corrected chi connectivity index (χ2v) is 8.24. The third-order valence-electron chi connectivity index (χ3n) is 3.85. The van der Waals surface area contributed by atoms with Crippen molar-refractivity contribution in [1.82, 2.24) is 4.31 Å². The summed E-state index contributed by atoms with van der Waals surface area (Å²) in [6.07, 6.45) is 3.04. The van der Waals surface area contributed by atoms with E-state index >= 15 is 0 Å². The molecule has 138 valence electrons. The van der Waals surface area contributed by atoms with Gasteiger partial charge < -0.3 is 0 Å². The van der Waals surface area contributed by atoms with Gasteiger partial charge >= 0.3 is 0 Å². The maximum atomic E-state index is 12.4. The zero-order valence-electron chi connectivity index (χ0n) is 14.4. The van der Waals surface area contributed by atoms with Crippen molar-refractivity contribution in [3.8, 4) is 0 Å². The van der Waals surface area contributed by atoms with Gasteiger partial charge in [0.25, 0.3) is 0 Å². The molecule has 2 aromatic rings. The molecular weight excluding hydrogens is 393 g/mol. The molecule has 2 rings (SSSR count). The normalized spacial score (nSPS) is 12.0. The number of carbonyl (C=O) groups is 1. The molecule has 26 heavy (non-hydrogen) atoms. The van der Waals surface area contributed by atoms with Gasteiger partial charge in [-0.1, -0.05) is 49.2 Å². The molecule has 7 heteroatoms. The molecule has 0 spiro atoms. The molecule has 0 bridgehead atoms. The Kier molecular flexibility index (Phi) is 7.01.